The number of nitrogens with two attached hydrogens (primary N) is 1. The van der Waals surface area contributed by atoms with Crippen LogP contribution < -0.4 is 16.4 Å². The normalized spacial score (nSPS) is 15.9. The molecule has 1 aliphatic rings. The third-order valence-corrected chi connectivity index (χ3v) is 7.35. The van der Waals surface area contributed by atoms with Crippen molar-refractivity contribution < 1.29 is 18.0 Å². The fraction of sp³-hybridized carbons (Fsp3) is 0.158. The van der Waals surface area contributed by atoms with Gasteiger partial charge < -0.3 is 16.4 Å². The number of hydrogen-bond donors (Lipinski definition) is 3. The summed E-state index contributed by atoms with van der Waals surface area (Å²) < 4.78 is 25.4. The summed E-state index contributed by atoms with van der Waals surface area (Å²) in [5.41, 5.74) is 5.63. The third kappa shape index (κ3) is 4.31. The van der Waals surface area contributed by atoms with Crippen LogP contribution in [0.5, 0.6) is 0 Å². The number of nitrogens with zero attached hydrogens (tertiary/aromatic N) is 2. The molecule has 1 aromatic carbocycles. The lowest BCUT2D eigenvalue weighted by Crippen LogP contribution is -2.22. The van der Waals surface area contributed by atoms with Crippen LogP contribution in [-0.4, -0.2) is 31.4 Å². The van der Waals surface area contributed by atoms with Gasteiger partial charge in [0, 0.05) is 28.4 Å². The average molecular weight is 446 g/mol. The molecule has 4 N–H and O–H groups in total. The molecule has 0 spiro atoms. The second-order valence-corrected chi connectivity index (χ2v) is 9.46. The molecule has 0 bridgehead atoms. The minimum absolute atomic E-state index is 0.0124. The number of carbonyl (C=O) groups excluding carboxylic acids is 2. The molecule has 0 saturated carbocycles. The van der Waals surface area contributed by atoms with Crippen LogP contribution in [-0.2, 0) is 21.2 Å². The first-order valence-corrected chi connectivity index (χ1v) is 11.1. The Morgan fingerprint density at radius 2 is 2.13 bits per heavy atom. The Bertz CT molecular complexity index is 1210. The number of thiazole rings is 1. The molecule has 9 nitrogen and oxygen atoms in total. The second-order valence-electron chi connectivity index (χ2n) is 6.30. The number of aliphatic imine (C=N–C) groups is 1. The standard InChI is InChI=1S/C19H19N5O4S2/c1-11-12(2)30(27,28)16-5-4-13(8-15(16)24-17(11)25)18(26)22-9-14-10-23-19(29-14)21-7-3-6-20/h3-8,10H,9,20H2,1-2H3,(H,22,26)(H,24,25). The van der Waals surface area contributed by atoms with E-state index in [1.807, 2.05) is 0 Å². The van der Waals surface area contributed by atoms with Gasteiger partial charge in [-0.05, 0) is 44.3 Å². The highest BCUT2D eigenvalue weighted by atomic mass is 32.2. The number of rotatable bonds is 5. The summed E-state index contributed by atoms with van der Waals surface area (Å²) in [6, 6.07) is 4.09. The Kier molecular flexibility index (Phi) is 6.13. The van der Waals surface area contributed by atoms with Crippen molar-refractivity contribution in [3.05, 3.63) is 57.6 Å². The number of anilines is 1. The Morgan fingerprint density at radius 1 is 1.37 bits per heavy atom. The summed E-state index contributed by atoms with van der Waals surface area (Å²) in [6.45, 7) is 3.06. The molecule has 156 valence electrons. The minimum Gasteiger partial charge on any atom is -0.405 e. The molecule has 1 aliphatic heterocycles. The van der Waals surface area contributed by atoms with Crippen LogP contribution in [0.1, 0.15) is 29.1 Å². The number of allylic oxidation sites excluding steroid dienone is 2. The monoisotopic (exact) mass is 445 g/mol. The molecule has 3 rings (SSSR count). The zero-order chi connectivity index (χ0) is 21.9. The van der Waals surface area contributed by atoms with E-state index in [-0.39, 0.29) is 33.2 Å². The van der Waals surface area contributed by atoms with Crippen molar-refractivity contribution in [2.45, 2.75) is 25.3 Å². The predicted molar refractivity (Wildman–Crippen MR) is 115 cm³/mol. The maximum absolute atomic E-state index is 12.7. The van der Waals surface area contributed by atoms with Gasteiger partial charge in [-0.3, -0.25) is 9.59 Å². The van der Waals surface area contributed by atoms with E-state index in [9.17, 15) is 18.0 Å². The maximum atomic E-state index is 12.7. The lowest BCUT2D eigenvalue weighted by molar-refractivity contribution is -0.112. The molecule has 0 radical (unpaired) electrons. The van der Waals surface area contributed by atoms with Gasteiger partial charge in [0.15, 0.2) is 0 Å². The summed E-state index contributed by atoms with van der Waals surface area (Å²) in [7, 11) is -3.81. The van der Waals surface area contributed by atoms with Crippen LogP contribution in [0.15, 0.2) is 57.0 Å². The van der Waals surface area contributed by atoms with Gasteiger partial charge in [-0.1, -0.05) is 11.3 Å². The van der Waals surface area contributed by atoms with Crippen LogP contribution in [0.3, 0.4) is 0 Å². The highest BCUT2D eigenvalue weighted by Gasteiger charge is 2.29. The summed E-state index contributed by atoms with van der Waals surface area (Å²) >= 11 is 1.31. The Balaban J connectivity index is 1.77. The van der Waals surface area contributed by atoms with Crippen molar-refractivity contribution in [2.75, 3.05) is 5.32 Å². The first-order chi connectivity index (χ1) is 14.2. The molecule has 0 atom stereocenters. The van der Waals surface area contributed by atoms with E-state index in [4.69, 9.17) is 5.73 Å². The van der Waals surface area contributed by atoms with Gasteiger partial charge in [-0.15, -0.1) is 0 Å². The molecular weight excluding hydrogens is 426 g/mol. The second kappa shape index (κ2) is 8.59. The van der Waals surface area contributed by atoms with Crippen LogP contribution in [0.4, 0.5) is 10.8 Å². The Morgan fingerprint density at radius 3 is 2.87 bits per heavy atom. The maximum Gasteiger partial charge on any atom is 0.252 e. The third-order valence-electron chi connectivity index (χ3n) is 4.40. The van der Waals surface area contributed by atoms with Gasteiger partial charge in [0.1, 0.15) is 0 Å². The van der Waals surface area contributed by atoms with Crippen molar-refractivity contribution in [3.63, 3.8) is 0 Å². The number of benzene rings is 1. The van der Waals surface area contributed by atoms with Crippen molar-refractivity contribution in [3.8, 4) is 0 Å². The van der Waals surface area contributed by atoms with Gasteiger partial charge in [-0.25, -0.2) is 18.4 Å². The van der Waals surface area contributed by atoms with Crippen molar-refractivity contribution in [1.29, 1.82) is 0 Å². The Hall–Kier alpha value is -3.31. The number of carbonyl (C=O) groups is 2. The molecule has 2 amide bonds. The lowest BCUT2D eigenvalue weighted by Gasteiger charge is -2.10. The van der Waals surface area contributed by atoms with E-state index < -0.39 is 21.7 Å². The highest BCUT2D eigenvalue weighted by molar-refractivity contribution is 7.95. The summed E-state index contributed by atoms with van der Waals surface area (Å²) in [5.74, 6) is -0.936. The molecular formula is C19H19N5O4S2. The fourth-order valence-electron chi connectivity index (χ4n) is 2.61. The zero-order valence-corrected chi connectivity index (χ0v) is 17.8. The van der Waals surface area contributed by atoms with Gasteiger partial charge in [0.05, 0.1) is 22.0 Å². The van der Waals surface area contributed by atoms with E-state index in [1.165, 1.54) is 55.8 Å². The largest absolute Gasteiger partial charge is 0.405 e. The van der Waals surface area contributed by atoms with Gasteiger partial charge in [0.2, 0.25) is 15.0 Å². The van der Waals surface area contributed by atoms with Crippen molar-refractivity contribution >= 4 is 50.0 Å². The number of aromatic nitrogens is 1. The number of sulfone groups is 1. The average Bonchev–Trinajstić information content (AvgIpc) is 3.16. The predicted octanol–water partition coefficient (Wildman–Crippen LogP) is 2.27. The van der Waals surface area contributed by atoms with Gasteiger partial charge in [0.25, 0.3) is 11.8 Å². The molecule has 0 fully saturated rings. The minimum atomic E-state index is -3.81. The van der Waals surface area contributed by atoms with E-state index in [0.717, 1.165) is 4.88 Å². The first-order valence-electron chi connectivity index (χ1n) is 8.76. The van der Waals surface area contributed by atoms with Crippen molar-refractivity contribution in [2.24, 2.45) is 10.7 Å². The number of nitrogens with one attached hydrogen (secondary N) is 2. The number of fused-ring (bicyclic) bond motifs is 1. The van der Waals surface area contributed by atoms with Crippen LogP contribution in [0.2, 0.25) is 0 Å². The molecule has 2 aromatic rings. The first kappa shape index (κ1) is 21.4. The lowest BCUT2D eigenvalue weighted by atomic mass is 10.1. The van der Waals surface area contributed by atoms with Gasteiger partial charge >= 0.3 is 0 Å². The zero-order valence-electron chi connectivity index (χ0n) is 16.2. The van der Waals surface area contributed by atoms with Crippen LogP contribution in [0, 0.1) is 0 Å². The van der Waals surface area contributed by atoms with Crippen molar-refractivity contribution in [1.82, 2.24) is 10.3 Å². The quantitative estimate of drug-likeness (QED) is 0.602. The van der Waals surface area contributed by atoms with E-state index in [2.05, 4.69) is 20.6 Å². The molecule has 0 unspecified atom stereocenters. The SMILES string of the molecule is CC1=C(C)S(=O)(=O)c2ccc(C(=O)NCc3cnc(N=CC=CN)s3)cc2NC1=O. The smallest absolute Gasteiger partial charge is 0.252 e. The summed E-state index contributed by atoms with van der Waals surface area (Å²) in [5, 5.41) is 5.82. The van der Waals surface area contributed by atoms with E-state index in [0.29, 0.717) is 5.13 Å². The molecule has 30 heavy (non-hydrogen) atoms. The highest BCUT2D eigenvalue weighted by Crippen LogP contribution is 2.32. The van der Waals surface area contributed by atoms with E-state index >= 15 is 0 Å². The van der Waals surface area contributed by atoms with Crippen LogP contribution in [0.25, 0.3) is 0 Å². The van der Waals surface area contributed by atoms with Gasteiger partial charge in [-0.2, -0.15) is 0 Å². The molecule has 0 saturated heterocycles. The summed E-state index contributed by atoms with van der Waals surface area (Å²) in [6.07, 6.45) is 6.03. The topological polar surface area (TPSA) is 144 Å². The molecule has 1 aromatic heterocycles. The Labute approximate surface area is 177 Å². The fourth-order valence-corrected chi connectivity index (χ4v) is 4.79. The number of amides is 2. The van der Waals surface area contributed by atoms with E-state index in [1.54, 1.807) is 12.3 Å². The number of hydrogen-bond acceptors (Lipinski definition) is 8. The van der Waals surface area contributed by atoms with Crippen LogP contribution >= 0.6 is 11.3 Å². The molecule has 11 heteroatoms. The summed E-state index contributed by atoms with van der Waals surface area (Å²) in [4.78, 5) is 33.7. The molecule has 0 aliphatic carbocycles. The molecule has 2 heterocycles.